The smallest absolute Gasteiger partial charge is 0.305 e. The number of fused-ring (bicyclic) bond motifs is 6. The van der Waals surface area contributed by atoms with Gasteiger partial charge in [-0.1, -0.05) is 24.3 Å². The van der Waals surface area contributed by atoms with E-state index in [1.807, 2.05) is 24.3 Å². The Bertz CT molecular complexity index is 4470. The van der Waals surface area contributed by atoms with Crippen LogP contribution in [0.3, 0.4) is 0 Å². The van der Waals surface area contributed by atoms with Gasteiger partial charge in [0.2, 0.25) is 59.1 Å². The Morgan fingerprint density at radius 2 is 1.25 bits per heavy atom. The molecule has 3 aromatic carbocycles. The molecule has 0 saturated carbocycles. The first kappa shape index (κ1) is 77.0. The van der Waals surface area contributed by atoms with E-state index in [1.165, 1.54) is 83.5 Å². The number of carbonyl (C=O) groups excluding carboxylic acids is 10. The quantitative estimate of drug-likeness (QED) is 0.0582. The molecule has 17 N–H and O–H groups in total. The molecule has 2 aliphatic rings. The van der Waals surface area contributed by atoms with E-state index in [2.05, 4.69) is 72.4 Å². The van der Waals surface area contributed by atoms with Gasteiger partial charge < -0.3 is 83.9 Å². The average Bonchev–Trinajstić information content (AvgIpc) is 1.65. The van der Waals surface area contributed by atoms with E-state index in [-0.39, 0.29) is 74.6 Å². The summed E-state index contributed by atoms with van der Waals surface area (Å²) in [5, 5.41) is 33.1. The molecule has 0 radical (unpaired) electrons. The number of unbranched alkanes of at least 4 members (excludes halogenated alkanes) is 1. The minimum atomic E-state index is -2.02. The van der Waals surface area contributed by atoms with Gasteiger partial charge in [-0.05, 0) is 148 Å². The number of amides is 10. The minimum Gasteiger partial charge on any atom is -0.481 e. The number of carboxylic acids is 1. The van der Waals surface area contributed by atoms with E-state index in [0.717, 1.165) is 11.1 Å². The van der Waals surface area contributed by atoms with Crippen LogP contribution in [-0.2, 0) is 89.9 Å². The number of benzene rings is 3. The SMILES string of the molecule is C[C@@]12CCCN1C(=O)[C@H](Cc1c[nH]c3ncccc13)NC(=O)[C@H](CCc1cnc[nH]1)NC(=O)[C@H](CC(=O)O)NC(=O)[C@H](Cc1c[nH]c3ccc(F)cc13)NC(=O)[C@H](CCc1c[nH]c3ccc(F)cc13)NC(=O)CNC(=O)[C@H](CCCCN)NC(=O)CCSCc1cccc(c1)CSC[C@@H](C(N)=O)NC2=O. The van der Waals surface area contributed by atoms with E-state index >= 15 is 23.6 Å². The average molecular weight is 1480 g/mol. The summed E-state index contributed by atoms with van der Waals surface area (Å²) >= 11 is 2.81. The normalized spacial score (nSPS) is 22.4. The van der Waals surface area contributed by atoms with Crippen molar-refractivity contribution in [1.82, 2.24) is 77.3 Å². The number of H-pyrrole nitrogens is 4. The van der Waals surface area contributed by atoms with Gasteiger partial charge in [-0.2, -0.15) is 23.5 Å². The zero-order valence-corrected chi connectivity index (χ0v) is 59.2. The van der Waals surface area contributed by atoms with Gasteiger partial charge in [0.25, 0.3) is 0 Å². The highest BCUT2D eigenvalue weighted by atomic mass is 32.2. The predicted molar refractivity (Wildman–Crippen MR) is 389 cm³/mol. The van der Waals surface area contributed by atoms with Gasteiger partial charge in [0, 0.05) is 113 Å². The van der Waals surface area contributed by atoms with Crippen LogP contribution < -0.4 is 54.0 Å². The lowest BCUT2D eigenvalue weighted by molar-refractivity contribution is -0.147. The van der Waals surface area contributed by atoms with Gasteiger partial charge in [-0.3, -0.25) is 52.7 Å². The highest BCUT2D eigenvalue weighted by molar-refractivity contribution is 7.98. The van der Waals surface area contributed by atoms with Gasteiger partial charge in [-0.25, -0.2) is 18.7 Å². The summed E-state index contributed by atoms with van der Waals surface area (Å²) in [6.07, 6.45) is 8.52. The molecule has 7 heterocycles. The van der Waals surface area contributed by atoms with E-state index in [9.17, 15) is 43.1 Å². The van der Waals surface area contributed by atoms with Gasteiger partial charge in [0.05, 0.1) is 19.3 Å². The van der Waals surface area contributed by atoms with Crippen molar-refractivity contribution < 1.29 is 66.6 Å². The summed E-state index contributed by atoms with van der Waals surface area (Å²) in [6.45, 7) is 1.17. The first-order chi connectivity index (χ1) is 50.5. The summed E-state index contributed by atoms with van der Waals surface area (Å²) in [6, 6.07) is 8.27. The number of aromatic nitrogens is 6. The lowest BCUT2D eigenvalue weighted by atomic mass is 9.95. The van der Waals surface area contributed by atoms with Crippen molar-refractivity contribution in [2.24, 2.45) is 11.5 Å². The summed E-state index contributed by atoms with van der Waals surface area (Å²) in [7, 11) is 0. The highest BCUT2D eigenvalue weighted by Gasteiger charge is 2.49. The third-order valence-electron chi connectivity index (χ3n) is 18.7. The maximum absolute atomic E-state index is 15.5. The molecule has 556 valence electrons. The molecular formula is C72H85F2N17O12S2. The maximum atomic E-state index is 15.5. The number of pyridine rings is 1. The number of aliphatic carboxylic acids is 1. The van der Waals surface area contributed by atoms with Crippen molar-refractivity contribution in [3.63, 3.8) is 0 Å². The molecular weight excluding hydrogens is 1400 g/mol. The lowest BCUT2D eigenvalue weighted by Crippen LogP contribution is -2.63. The van der Waals surface area contributed by atoms with Gasteiger partial charge in [-0.15, -0.1) is 0 Å². The summed E-state index contributed by atoms with van der Waals surface area (Å²) < 4.78 is 29.7. The minimum absolute atomic E-state index is 0.00478. The number of primary amides is 1. The Kier molecular flexibility index (Phi) is 26.5. The maximum Gasteiger partial charge on any atom is 0.305 e. The molecule has 5 aromatic heterocycles. The fraction of sp³-hybridized carbons (Fsp3) is 0.403. The lowest BCUT2D eigenvalue weighted by Gasteiger charge is -2.37. The molecule has 33 heteroatoms. The molecule has 0 spiro atoms. The van der Waals surface area contributed by atoms with Crippen molar-refractivity contribution in [2.45, 2.75) is 150 Å². The molecule has 105 heavy (non-hydrogen) atoms. The fourth-order valence-corrected chi connectivity index (χ4v) is 14.9. The van der Waals surface area contributed by atoms with Crippen LogP contribution in [0.5, 0.6) is 0 Å². The van der Waals surface area contributed by atoms with Crippen LogP contribution in [0.25, 0.3) is 32.8 Å². The van der Waals surface area contributed by atoms with E-state index in [0.29, 0.717) is 87.3 Å². The predicted octanol–water partition coefficient (Wildman–Crippen LogP) is 3.13. The summed E-state index contributed by atoms with van der Waals surface area (Å²) in [5.41, 5.74) is 15.2. The Balaban J connectivity index is 0.986. The number of nitrogens with one attached hydrogen (secondary N) is 12. The molecule has 8 atom stereocenters. The molecule has 8 aromatic rings. The van der Waals surface area contributed by atoms with Crippen LogP contribution in [-0.4, -0.2) is 184 Å². The van der Waals surface area contributed by atoms with Crippen LogP contribution in [0.1, 0.15) is 98.2 Å². The Morgan fingerprint density at radius 1 is 0.638 bits per heavy atom. The molecule has 0 aliphatic carbocycles. The van der Waals surface area contributed by atoms with Crippen molar-refractivity contribution in [1.29, 1.82) is 0 Å². The number of aromatic amines is 4. The molecule has 10 rings (SSSR count). The summed E-state index contributed by atoms with van der Waals surface area (Å²) in [5.74, 6) is -10.1. The second-order valence-corrected chi connectivity index (χ2v) is 28.4. The second-order valence-electron chi connectivity index (χ2n) is 26.3. The van der Waals surface area contributed by atoms with Gasteiger partial charge in [0.15, 0.2) is 0 Å². The molecule has 0 unspecified atom stereocenters. The molecule has 2 bridgehead atoms. The third kappa shape index (κ3) is 20.6. The Labute approximate surface area is 610 Å². The molecule has 29 nitrogen and oxygen atoms in total. The number of carbonyl (C=O) groups is 11. The topological polar surface area (TPSA) is 448 Å². The monoisotopic (exact) mass is 1480 g/mol. The number of thioether (sulfide) groups is 2. The first-order valence-electron chi connectivity index (χ1n) is 34.6. The zero-order chi connectivity index (χ0) is 74.7. The number of carboxylic acid groups (broad SMARTS) is 1. The summed E-state index contributed by atoms with van der Waals surface area (Å²) in [4.78, 5) is 180. The number of nitrogens with two attached hydrogens (primary N) is 2. The molecule has 2 aliphatic heterocycles. The van der Waals surface area contributed by atoms with Crippen LogP contribution >= 0.6 is 23.5 Å². The molecule has 1 fully saturated rings. The number of aryl methyl sites for hydroxylation is 2. The third-order valence-corrected chi connectivity index (χ3v) is 20.8. The zero-order valence-electron chi connectivity index (χ0n) is 57.6. The van der Waals surface area contributed by atoms with Crippen LogP contribution in [0.4, 0.5) is 8.78 Å². The van der Waals surface area contributed by atoms with Crippen LogP contribution in [0, 0.1) is 11.6 Å². The van der Waals surface area contributed by atoms with Gasteiger partial charge in [0.1, 0.15) is 65.1 Å². The van der Waals surface area contributed by atoms with E-state index < -0.39 is 144 Å². The molecule has 1 saturated heterocycles. The molecule has 10 amide bonds. The van der Waals surface area contributed by atoms with Crippen LogP contribution in [0.15, 0.2) is 110 Å². The number of rotatable bonds is 17. The van der Waals surface area contributed by atoms with Crippen molar-refractivity contribution >= 4 is 121 Å². The Morgan fingerprint density at radius 3 is 1.95 bits per heavy atom. The number of hydrogen-bond acceptors (Lipinski definition) is 16. The van der Waals surface area contributed by atoms with Crippen molar-refractivity contribution in [3.8, 4) is 0 Å². The Hall–Kier alpha value is -10.7. The fourth-order valence-electron chi connectivity index (χ4n) is 13.0. The van der Waals surface area contributed by atoms with Crippen molar-refractivity contribution in [2.75, 3.05) is 31.1 Å². The van der Waals surface area contributed by atoms with E-state index in [4.69, 9.17) is 11.5 Å². The number of halogens is 2. The van der Waals surface area contributed by atoms with Gasteiger partial charge >= 0.3 is 5.97 Å². The first-order valence-corrected chi connectivity index (χ1v) is 36.9. The number of hydrogen-bond donors (Lipinski definition) is 15. The largest absolute Gasteiger partial charge is 0.481 e. The standard InChI is InChI=1S/C72H85F2N17O12S2/c1-72-20-6-23-91(72)70(102)58(27-43-33-81-64-48(43)9-5-22-78-64)89-67(99)55(18-14-47-34-77-39-83-47)86-69(101)57(30-62(94)95)88-68(100)56(26-44-32-80-52-17-13-46(74)29-50(44)52)87-66(98)54(15-11-42-31-79-51-16-12-45(73)28-49(42)51)85-61(93)35-82-65(97)53(10-2-3-21-75)84-60(92)19-24-104-36-40-7-4-8-41(25-40)37-105-38-59(63(76)96)90-71(72)103/h4-5,7-9,12-13,16-17,22,25,28-29,31-34,39,53-59,79-80H,2-3,6,10-11,14-15,18-21,23-24,26-27,30,35-38,75H2,1H3,(H2,76,96)(H,77,83)(H,78,81)(H,82,97)(H,84,92)(H,85,93)(H,86,101)(H,87,98)(H,88,100)(H,89,99)(H,90,103)(H,94,95)/t53-,54-,55-,56-,57-,58-,59-,72-/m0/s1. The van der Waals surface area contributed by atoms with E-state index in [1.54, 1.807) is 37.6 Å². The second kappa shape index (κ2) is 36.2. The van der Waals surface area contributed by atoms with Crippen LogP contribution in [0.2, 0.25) is 0 Å². The number of imidazole rings is 1. The van der Waals surface area contributed by atoms with Crippen molar-refractivity contribution in [3.05, 3.63) is 155 Å². The highest BCUT2D eigenvalue weighted by Crippen LogP contribution is 2.32. The number of nitrogens with zero attached hydrogens (tertiary/aromatic N) is 3.